The maximum atomic E-state index is 11.9. The lowest BCUT2D eigenvalue weighted by molar-refractivity contribution is 0.0194. The van der Waals surface area contributed by atoms with Gasteiger partial charge in [0.25, 0.3) is 0 Å². The molecule has 1 saturated heterocycles. The second kappa shape index (κ2) is 5.88. The molecule has 0 spiro atoms. The summed E-state index contributed by atoms with van der Waals surface area (Å²) in [6.07, 6.45) is 1.66. The number of hydrogen-bond donors (Lipinski definition) is 1. The van der Waals surface area contributed by atoms with Gasteiger partial charge in [-0.1, -0.05) is 0 Å². The first-order chi connectivity index (χ1) is 7.83. The van der Waals surface area contributed by atoms with Gasteiger partial charge in [0, 0.05) is 19.0 Å². The zero-order chi connectivity index (χ0) is 13.1. The van der Waals surface area contributed by atoms with E-state index in [0.717, 1.165) is 19.4 Å². The van der Waals surface area contributed by atoms with E-state index in [2.05, 4.69) is 3.21 Å². The molecule has 0 aromatic rings. The Kier molecular flexibility index (Phi) is 5.03. The van der Waals surface area contributed by atoms with Crippen molar-refractivity contribution in [1.29, 1.82) is 0 Å². The van der Waals surface area contributed by atoms with E-state index in [4.69, 9.17) is 10.5 Å². The molecule has 1 aliphatic rings. The Morgan fingerprint density at radius 1 is 1.53 bits per heavy atom. The summed E-state index contributed by atoms with van der Waals surface area (Å²) in [7, 11) is 0. The topological polar surface area (TPSA) is 67.9 Å². The molecule has 1 unspecified atom stereocenters. The molecule has 0 aromatic heterocycles. The van der Waals surface area contributed by atoms with Crippen molar-refractivity contribution in [2.75, 3.05) is 13.1 Å². The molecule has 17 heavy (non-hydrogen) atoms. The van der Waals surface area contributed by atoms with E-state index < -0.39 is 5.60 Å². The Balaban J connectivity index is 2.58. The van der Waals surface area contributed by atoms with Crippen LogP contribution in [0.1, 0.15) is 33.6 Å². The molecule has 6 heteroatoms. The van der Waals surface area contributed by atoms with Crippen LogP contribution in [-0.2, 0) is 4.74 Å². The van der Waals surface area contributed by atoms with Gasteiger partial charge in [-0.15, -0.1) is 0 Å². The summed E-state index contributed by atoms with van der Waals surface area (Å²) in [6, 6.07) is 0. The molecular weight excluding hydrogens is 333 g/mol. The number of hydrogen-bond acceptors (Lipinski definition) is 3. The number of amides is 1. The number of carbonyl (C=O) groups is 1. The minimum Gasteiger partial charge on any atom is -0.444 e. The highest BCUT2D eigenvalue weighted by Crippen LogP contribution is 2.19. The van der Waals surface area contributed by atoms with Crippen LogP contribution in [0.15, 0.2) is 3.21 Å². The average Bonchev–Trinajstić information content (AvgIpc) is 2.26. The van der Waals surface area contributed by atoms with Gasteiger partial charge in [0.2, 0.25) is 0 Å². The summed E-state index contributed by atoms with van der Waals surface area (Å²) in [6.45, 7) is 6.94. The van der Waals surface area contributed by atoms with Crippen LogP contribution in [0.25, 0.3) is 0 Å². The molecular formula is C11H20IN3O2. The molecule has 0 radical (unpaired) electrons. The summed E-state index contributed by atoms with van der Waals surface area (Å²) in [4.78, 5) is 13.6. The van der Waals surface area contributed by atoms with Crippen molar-refractivity contribution in [3.8, 4) is 0 Å². The highest BCUT2D eigenvalue weighted by atomic mass is 127. The van der Waals surface area contributed by atoms with Crippen LogP contribution in [0, 0.1) is 5.92 Å². The number of ether oxygens (including phenoxy) is 1. The van der Waals surface area contributed by atoms with E-state index in [9.17, 15) is 4.79 Å². The van der Waals surface area contributed by atoms with Gasteiger partial charge in [-0.25, -0.2) is 8.00 Å². The molecule has 5 nitrogen and oxygen atoms in total. The van der Waals surface area contributed by atoms with Crippen LogP contribution in [0.3, 0.4) is 0 Å². The van der Waals surface area contributed by atoms with Crippen molar-refractivity contribution in [3.05, 3.63) is 0 Å². The van der Waals surface area contributed by atoms with Crippen LogP contribution >= 0.6 is 22.9 Å². The Bertz CT molecular complexity index is 312. The van der Waals surface area contributed by atoms with Crippen LogP contribution in [0.4, 0.5) is 4.79 Å². The Morgan fingerprint density at radius 3 is 2.71 bits per heavy atom. The molecule has 1 amide bonds. The van der Waals surface area contributed by atoms with E-state index >= 15 is 0 Å². The van der Waals surface area contributed by atoms with E-state index in [0.29, 0.717) is 12.4 Å². The monoisotopic (exact) mass is 353 g/mol. The molecule has 1 aliphatic heterocycles. The average molecular weight is 353 g/mol. The fourth-order valence-electron chi connectivity index (χ4n) is 1.78. The zero-order valence-corrected chi connectivity index (χ0v) is 12.7. The van der Waals surface area contributed by atoms with E-state index in [1.807, 2.05) is 43.6 Å². The smallest absolute Gasteiger partial charge is 0.410 e. The lowest BCUT2D eigenvalue weighted by Gasteiger charge is -2.33. The molecule has 1 heterocycles. The lowest BCUT2D eigenvalue weighted by Crippen LogP contribution is -2.45. The van der Waals surface area contributed by atoms with Crippen molar-refractivity contribution in [2.45, 2.75) is 39.2 Å². The quantitative estimate of drug-likeness (QED) is 0.447. The van der Waals surface area contributed by atoms with Gasteiger partial charge in [-0.3, -0.25) is 0 Å². The second-order valence-corrected chi connectivity index (χ2v) is 5.76. The molecule has 0 aromatic carbocycles. The largest absolute Gasteiger partial charge is 0.444 e. The maximum Gasteiger partial charge on any atom is 0.410 e. The van der Waals surface area contributed by atoms with Crippen molar-refractivity contribution in [2.24, 2.45) is 14.9 Å². The summed E-state index contributed by atoms with van der Waals surface area (Å²) < 4.78 is 9.31. The summed E-state index contributed by atoms with van der Waals surface area (Å²) in [5.74, 6) is 0.770. The molecule has 1 atom stereocenters. The van der Waals surface area contributed by atoms with Crippen molar-refractivity contribution in [3.63, 3.8) is 0 Å². The Labute approximate surface area is 116 Å². The third-order valence-electron chi connectivity index (χ3n) is 2.59. The molecule has 1 fully saturated rings. The number of nitrogens with zero attached hydrogens (tertiary/aromatic N) is 2. The van der Waals surface area contributed by atoms with Crippen LogP contribution in [0.2, 0.25) is 0 Å². The number of rotatable bonds is 1. The van der Waals surface area contributed by atoms with Gasteiger partial charge >= 0.3 is 6.09 Å². The molecule has 0 bridgehead atoms. The fourth-order valence-corrected chi connectivity index (χ4v) is 2.17. The summed E-state index contributed by atoms with van der Waals surface area (Å²) in [5, 5.41) is 0. The van der Waals surface area contributed by atoms with Gasteiger partial charge in [0.05, 0.1) is 22.9 Å². The predicted octanol–water partition coefficient (Wildman–Crippen LogP) is 2.34. The van der Waals surface area contributed by atoms with E-state index in [1.165, 1.54) is 0 Å². The van der Waals surface area contributed by atoms with Gasteiger partial charge in [0.15, 0.2) is 0 Å². The first kappa shape index (κ1) is 14.5. The highest BCUT2D eigenvalue weighted by molar-refractivity contribution is 14.1. The summed E-state index contributed by atoms with van der Waals surface area (Å²) in [5.41, 5.74) is 5.35. The van der Waals surface area contributed by atoms with E-state index in [1.54, 1.807) is 4.90 Å². The highest BCUT2D eigenvalue weighted by Gasteiger charge is 2.28. The number of piperidine rings is 1. The van der Waals surface area contributed by atoms with Gasteiger partial charge < -0.3 is 15.4 Å². The first-order valence-electron chi connectivity index (χ1n) is 5.75. The van der Waals surface area contributed by atoms with Crippen molar-refractivity contribution < 1.29 is 9.53 Å². The SMILES string of the molecule is CC(C)(C)OC(=O)N1CCCC(C(N)=NI)C1. The molecule has 98 valence electrons. The van der Waals surface area contributed by atoms with Crippen LogP contribution in [-0.4, -0.2) is 35.5 Å². The van der Waals surface area contributed by atoms with Gasteiger partial charge in [-0.2, -0.15) is 0 Å². The fraction of sp³-hybridized carbons (Fsp3) is 0.818. The summed E-state index contributed by atoms with van der Waals surface area (Å²) >= 11 is 1.89. The van der Waals surface area contributed by atoms with Gasteiger partial charge in [-0.05, 0) is 33.6 Å². The minimum atomic E-state index is -0.451. The molecule has 1 rings (SSSR count). The van der Waals surface area contributed by atoms with Crippen molar-refractivity contribution in [1.82, 2.24) is 4.90 Å². The van der Waals surface area contributed by atoms with Crippen LogP contribution in [0.5, 0.6) is 0 Å². The predicted molar refractivity (Wildman–Crippen MR) is 76.2 cm³/mol. The third-order valence-corrected chi connectivity index (χ3v) is 3.15. The zero-order valence-electron chi connectivity index (χ0n) is 10.6. The van der Waals surface area contributed by atoms with Crippen molar-refractivity contribution >= 4 is 34.8 Å². The number of amidine groups is 1. The van der Waals surface area contributed by atoms with Gasteiger partial charge in [0.1, 0.15) is 11.4 Å². The number of carbonyl (C=O) groups excluding carboxylic acids is 1. The Morgan fingerprint density at radius 2 is 2.18 bits per heavy atom. The first-order valence-corrected chi connectivity index (χ1v) is 6.72. The molecule has 2 N–H and O–H groups in total. The number of likely N-dealkylation sites (tertiary alicyclic amines) is 1. The minimum absolute atomic E-state index is 0.160. The molecule has 0 saturated carbocycles. The third kappa shape index (κ3) is 4.69. The normalized spacial score (nSPS) is 22.5. The molecule has 0 aliphatic carbocycles. The number of nitrogens with two attached hydrogens (primary N) is 1. The lowest BCUT2D eigenvalue weighted by atomic mass is 9.97. The second-order valence-electron chi connectivity index (χ2n) is 5.27. The number of halogens is 1. The Hall–Kier alpha value is -0.530. The maximum absolute atomic E-state index is 11.9. The van der Waals surface area contributed by atoms with E-state index in [-0.39, 0.29) is 12.0 Å². The van der Waals surface area contributed by atoms with Crippen LogP contribution < -0.4 is 5.73 Å². The standard InChI is InChI=1S/C11H20IN3O2/c1-11(2,3)17-10(16)15-6-4-5-8(7-15)9(13)14-12/h8H,4-7H2,1-3H3,(H2,13,14).